The lowest BCUT2D eigenvalue weighted by Crippen LogP contribution is -2.47. The van der Waals surface area contributed by atoms with Gasteiger partial charge < -0.3 is 14.7 Å². The zero-order valence-electron chi connectivity index (χ0n) is 11.5. The van der Waals surface area contributed by atoms with E-state index in [1.807, 2.05) is 12.1 Å². The van der Waals surface area contributed by atoms with Crippen molar-refractivity contribution in [2.24, 2.45) is 0 Å². The number of hydrogen-bond donors (Lipinski definition) is 1. The Morgan fingerprint density at radius 1 is 1.25 bits per heavy atom. The molecule has 0 saturated carbocycles. The fourth-order valence-corrected chi connectivity index (χ4v) is 2.23. The highest BCUT2D eigenvalue weighted by Gasteiger charge is 2.17. The van der Waals surface area contributed by atoms with Crippen LogP contribution in [-0.2, 0) is 9.53 Å². The quantitative estimate of drug-likeness (QED) is 0.648. The normalized spacial score (nSPS) is 15.9. The van der Waals surface area contributed by atoms with Gasteiger partial charge in [0.1, 0.15) is 12.4 Å². The van der Waals surface area contributed by atoms with Crippen molar-refractivity contribution >= 4 is 11.7 Å². The summed E-state index contributed by atoms with van der Waals surface area (Å²) in [4.78, 5) is 15.5. The summed E-state index contributed by atoms with van der Waals surface area (Å²) in [7, 11) is 0. The minimum atomic E-state index is -0.368. The van der Waals surface area contributed by atoms with Crippen LogP contribution in [0, 0.1) is 0 Å². The molecule has 108 valence electrons. The van der Waals surface area contributed by atoms with Gasteiger partial charge in [-0.05, 0) is 24.3 Å². The average molecular weight is 276 g/mol. The number of phenols is 1. The molecule has 5 nitrogen and oxygen atoms in total. The number of piperazine rings is 1. The number of carbonyl (C=O) groups excluding carboxylic acids is 1. The summed E-state index contributed by atoms with van der Waals surface area (Å²) in [6.07, 6.45) is 1.18. The molecule has 1 aromatic carbocycles. The second-order valence-electron chi connectivity index (χ2n) is 4.72. The van der Waals surface area contributed by atoms with Gasteiger partial charge in [-0.15, -0.1) is 0 Å². The molecule has 0 unspecified atom stereocenters. The smallest absolute Gasteiger partial charge is 0.330 e. The summed E-state index contributed by atoms with van der Waals surface area (Å²) in [5, 5.41) is 9.28. The van der Waals surface area contributed by atoms with E-state index < -0.39 is 0 Å². The van der Waals surface area contributed by atoms with Gasteiger partial charge in [-0.25, -0.2) is 4.79 Å². The van der Waals surface area contributed by atoms with Crippen LogP contribution in [0.2, 0.25) is 0 Å². The van der Waals surface area contributed by atoms with E-state index >= 15 is 0 Å². The third-order valence-electron chi connectivity index (χ3n) is 3.41. The lowest BCUT2D eigenvalue weighted by Gasteiger charge is -2.35. The number of carbonyl (C=O) groups is 1. The standard InChI is InChI=1S/C15H20N2O3/c1-2-15(19)20-12-11-16-7-9-17(10-8-16)13-3-5-14(18)6-4-13/h2-6,18H,1,7-12H2. The first-order valence-electron chi connectivity index (χ1n) is 6.74. The van der Waals surface area contributed by atoms with Crippen LogP contribution in [0.25, 0.3) is 0 Å². The number of esters is 1. The molecule has 1 aliphatic heterocycles. The van der Waals surface area contributed by atoms with E-state index in [0.717, 1.165) is 38.4 Å². The molecule has 0 atom stereocenters. The minimum absolute atomic E-state index is 0.288. The molecule has 0 amide bonds. The second-order valence-corrected chi connectivity index (χ2v) is 4.72. The molecule has 2 rings (SSSR count). The van der Waals surface area contributed by atoms with Crippen molar-refractivity contribution in [1.29, 1.82) is 0 Å². The maximum Gasteiger partial charge on any atom is 0.330 e. The van der Waals surface area contributed by atoms with E-state index in [-0.39, 0.29) is 11.7 Å². The largest absolute Gasteiger partial charge is 0.508 e. The first kappa shape index (κ1) is 14.4. The van der Waals surface area contributed by atoms with E-state index in [0.29, 0.717) is 6.61 Å². The Morgan fingerprint density at radius 2 is 1.90 bits per heavy atom. The summed E-state index contributed by atoms with van der Waals surface area (Å²) in [5.41, 5.74) is 1.13. The molecule has 0 aliphatic carbocycles. The summed E-state index contributed by atoms with van der Waals surface area (Å²) in [6, 6.07) is 7.26. The van der Waals surface area contributed by atoms with Crippen molar-refractivity contribution in [3.63, 3.8) is 0 Å². The minimum Gasteiger partial charge on any atom is -0.508 e. The van der Waals surface area contributed by atoms with Crippen LogP contribution < -0.4 is 4.90 Å². The van der Waals surface area contributed by atoms with Crippen molar-refractivity contribution in [3.8, 4) is 5.75 Å². The van der Waals surface area contributed by atoms with Crippen LogP contribution in [0.15, 0.2) is 36.9 Å². The molecular weight excluding hydrogens is 256 g/mol. The van der Waals surface area contributed by atoms with Crippen LogP contribution in [-0.4, -0.2) is 55.3 Å². The summed E-state index contributed by atoms with van der Waals surface area (Å²) in [5.74, 6) is -0.0795. The van der Waals surface area contributed by atoms with E-state index in [9.17, 15) is 9.90 Å². The molecule has 1 N–H and O–H groups in total. The topological polar surface area (TPSA) is 53.0 Å². The summed E-state index contributed by atoms with van der Waals surface area (Å²) < 4.78 is 4.98. The van der Waals surface area contributed by atoms with Gasteiger partial charge in [0.05, 0.1) is 0 Å². The van der Waals surface area contributed by atoms with Crippen molar-refractivity contribution < 1.29 is 14.6 Å². The van der Waals surface area contributed by atoms with Gasteiger partial charge in [-0.3, -0.25) is 4.90 Å². The molecule has 0 spiro atoms. The van der Waals surface area contributed by atoms with Crippen molar-refractivity contribution in [1.82, 2.24) is 4.90 Å². The Kier molecular flexibility index (Phi) is 5.01. The van der Waals surface area contributed by atoms with Gasteiger partial charge in [0, 0.05) is 44.5 Å². The molecule has 1 saturated heterocycles. The van der Waals surface area contributed by atoms with Crippen LogP contribution >= 0.6 is 0 Å². The maximum absolute atomic E-state index is 10.9. The van der Waals surface area contributed by atoms with Crippen LogP contribution in [0.3, 0.4) is 0 Å². The molecule has 0 radical (unpaired) electrons. The average Bonchev–Trinajstić information content (AvgIpc) is 2.48. The fraction of sp³-hybridized carbons (Fsp3) is 0.400. The summed E-state index contributed by atoms with van der Waals surface area (Å²) >= 11 is 0. The first-order chi connectivity index (χ1) is 9.69. The van der Waals surface area contributed by atoms with E-state index in [1.165, 1.54) is 6.08 Å². The Bertz CT molecular complexity index is 451. The predicted molar refractivity (Wildman–Crippen MR) is 77.9 cm³/mol. The molecule has 0 bridgehead atoms. The Hall–Kier alpha value is -2.01. The Morgan fingerprint density at radius 3 is 2.50 bits per heavy atom. The molecule has 1 heterocycles. The monoisotopic (exact) mass is 276 g/mol. The highest BCUT2D eigenvalue weighted by molar-refractivity contribution is 5.81. The molecule has 1 aliphatic rings. The van der Waals surface area contributed by atoms with Crippen molar-refractivity contribution in [2.75, 3.05) is 44.2 Å². The lowest BCUT2D eigenvalue weighted by molar-refractivity contribution is -0.138. The number of rotatable bonds is 5. The van der Waals surface area contributed by atoms with Crippen molar-refractivity contribution in [3.05, 3.63) is 36.9 Å². The second kappa shape index (κ2) is 6.96. The van der Waals surface area contributed by atoms with Crippen LogP contribution in [0.1, 0.15) is 0 Å². The highest BCUT2D eigenvalue weighted by Crippen LogP contribution is 2.19. The first-order valence-corrected chi connectivity index (χ1v) is 6.74. The van der Waals surface area contributed by atoms with Crippen LogP contribution in [0.5, 0.6) is 5.75 Å². The lowest BCUT2D eigenvalue weighted by atomic mass is 10.2. The molecular formula is C15H20N2O3. The number of benzene rings is 1. The number of anilines is 1. The van der Waals surface area contributed by atoms with Crippen molar-refractivity contribution in [2.45, 2.75) is 0 Å². The number of aromatic hydroxyl groups is 1. The number of ether oxygens (including phenoxy) is 1. The molecule has 1 fully saturated rings. The summed E-state index contributed by atoms with van der Waals surface area (Å²) in [6.45, 7) is 8.26. The number of phenolic OH excluding ortho intramolecular Hbond substituents is 1. The van der Waals surface area contributed by atoms with Gasteiger partial charge in [0.25, 0.3) is 0 Å². The van der Waals surface area contributed by atoms with Gasteiger partial charge >= 0.3 is 5.97 Å². The van der Waals surface area contributed by atoms with Gasteiger partial charge in [-0.1, -0.05) is 6.58 Å². The highest BCUT2D eigenvalue weighted by atomic mass is 16.5. The Labute approximate surface area is 119 Å². The van der Waals surface area contributed by atoms with Gasteiger partial charge in [0.15, 0.2) is 0 Å². The van der Waals surface area contributed by atoms with E-state index in [2.05, 4.69) is 16.4 Å². The SMILES string of the molecule is C=CC(=O)OCCN1CCN(c2ccc(O)cc2)CC1. The molecule has 1 aromatic rings. The third-order valence-corrected chi connectivity index (χ3v) is 3.41. The molecule has 20 heavy (non-hydrogen) atoms. The fourth-order valence-electron chi connectivity index (χ4n) is 2.23. The number of hydrogen-bond acceptors (Lipinski definition) is 5. The maximum atomic E-state index is 10.9. The van der Waals surface area contributed by atoms with Gasteiger partial charge in [0.2, 0.25) is 0 Å². The van der Waals surface area contributed by atoms with Crippen LogP contribution in [0.4, 0.5) is 5.69 Å². The van der Waals surface area contributed by atoms with Gasteiger partial charge in [-0.2, -0.15) is 0 Å². The predicted octanol–water partition coefficient (Wildman–Crippen LogP) is 1.24. The third kappa shape index (κ3) is 3.99. The van der Waals surface area contributed by atoms with E-state index in [1.54, 1.807) is 12.1 Å². The molecule has 0 aromatic heterocycles. The van der Waals surface area contributed by atoms with E-state index in [4.69, 9.17) is 4.74 Å². The zero-order chi connectivity index (χ0) is 14.4. The Balaban J connectivity index is 1.73. The zero-order valence-corrected chi connectivity index (χ0v) is 11.5. The molecule has 5 heteroatoms. The number of nitrogens with zero attached hydrogens (tertiary/aromatic N) is 2.